The maximum atomic E-state index is 10.6. The van der Waals surface area contributed by atoms with Crippen molar-refractivity contribution in [1.29, 1.82) is 0 Å². The fourth-order valence-electron chi connectivity index (χ4n) is 2.04. The van der Waals surface area contributed by atoms with Crippen molar-refractivity contribution >= 4 is 32.5 Å². The molecule has 2 rings (SSSR count). The summed E-state index contributed by atoms with van der Waals surface area (Å²) in [6, 6.07) is 10.2. The molecule has 1 aromatic heterocycles. The lowest BCUT2D eigenvalue weighted by Crippen LogP contribution is -2.16. The molecule has 3 atom stereocenters. The van der Waals surface area contributed by atoms with Gasteiger partial charge in [-0.05, 0) is 29.9 Å². The molecule has 3 unspecified atom stereocenters. The maximum Gasteiger partial charge on any atom is 0.0393 e. The van der Waals surface area contributed by atoms with Gasteiger partial charge >= 0.3 is 0 Å². The minimum Gasteiger partial charge on any atom is -0.772 e. The van der Waals surface area contributed by atoms with E-state index in [2.05, 4.69) is 18.2 Å². The summed E-state index contributed by atoms with van der Waals surface area (Å²) in [6.45, 7) is 1.92. The molecule has 0 aliphatic heterocycles. The van der Waals surface area contributed by atoms with Crippen LogP contribution in [-0.2, 0) is 11.1 Å². The zero-order valence-corrected chi connectivity index (χ0v) is 11.8. The molecule has 0 aliphatic rings. The van der Waals surface area contributed by atoms with E-state index in [1.54, 1.807) is 11.3 Å². The van der Waals surface area contributed by atoms with Crippen molar-refractivity contribution in [2.24, 2.45) is 11.7 Å². The Bertz CT molecular complexity index is 520. The first-order valence-electron chi connectivity index (χ1n) is 5.86. The summed E-state index contributed by atoms with van der Waals surface area (Å²) in [6.07, 6.45) is 0.695. The molecule has 98 valence electrons. The smallest absolute Gasteiger partial charge is 0.0393 e. The van der Waals surface area contributed by atoms with Gasteiger partial charge in [-0.3, -0.25) is 4.21 Å². The van der Waals surface area contributed by atoms with Crippen molar-refractivity contribution in [2.45, 2.75) is 19.4 Å². The van der Waals surface area contributed by atoms with Crippen LogP contribution in [0.5, 0.6) is 0 Å². The van der Waals surface area contributed by atoms with E-state index in [-0.39, 0.29) is 17.7 Å². The predicted octanol–water partition coefficient (Wildman–Crippen LogP) is 2.81. The average molecular weight is 282 g/mol. The SMILES string of the molecule is CC(CC(N)c1cc2ccccc2s1)CS(=O)[O-]. The van der Waals surface area contributed by atoms with Gasteiger partial charge in [0.05, 0.1) is 0 Å². The second kappa shape index (κ2) is 5.93. The standard InChI is InChI=1S/C13H17NO2S2/c1-9(8-18(15)16)6-11(14)13-7-10-4-2-3-5-12(10)17-13/h2-5,7,9,11H,6,8,14H2,1H3,(H,15,16)/p-1. The van der Waals surface area contributed by atoms with Gasteiger partial charge < -0.3 is 10.3 Å². The number of hydrogen-bond donors (Lipinski definition) is 1. The zero-order chi connectivity index (χ0) is 13.1. The highest BCUT2D eigenvalue weighted by Crippen LogP contribution is 2.31. The maximum absolute atomic E-state index is 10.6. The number of hydrogen-bond acceptors (Lipinski definition) is 4. The quantitative estimate of drug-likeness (QED) is 0.857. The van der Waals surface area contributed by atoms with E-state index in [4.69, 9.17) is 5.73 Å². The van der Waals surface area contributed by atoms with Gasteiger partial charge in [0.25, 0.3) is 0 Å². The molecule has 0 bridgehead atoms. The molecule has 0 spiro atoms. The molecule has 3 nitrogen and oxygen atoms in total. The van der Waals surface area contributed by atoms with Gasteiger partial charge in [-0.2, -0.15) is 0 Å². The van der Waals surface area contributed by atoms with Crippen molar-refractivity contribution < 1.29 is 8.76 Å². The monoisotopic (exact) mass is 282 g/mol. The molecule has 0 saturated carbocycles. The third kappa shape index (κ3) is 3.38. The largest absolute Gasteiger partial charge is 0.772 e. The topological polar surface area (TPSA) is 66.2 Å². The number of nitrogens with two attached hydrogens (primary N) is 1. The van der Waals surface area contributed by atoms with Crippen LogP contribution in [0.2, 0.25) is 0 Å². The van der Waals surface area contributed by atoms with Crippen LogP contribution in [0.15, 0.2) is 30.3 Å². The summed E-state index contributed by atoms with van der Waals surface area (Å²) < 4.78 is 22.5. The predicted molar refractivity (Wildman–Crippen MR) is 76.3 cm³/mol. The lowest BCUT2D eigenvalue weighted by molar-refractivity contribution is 0.486. The van der Waals surface area contributed by atoms with Crippen molar-refractivity contribution in [2.75, 3.05) is 5.75 Å². The van der Waals surface area contributed by atoms with Crippen molar-refractivity contribution in [1.82, 2.24) is 0 Å². The average Bonchev–Trinajstić information content (AvgIpc) is 2.71. The summed E-state index contributed by atoms with van der Waals surface area (Å²) in [5, 5.41) is 1.20. The van der Waals surface area contributed by atoms with E-state index in [0.717, 1.165) is 4.88 Å². The molecule has 2 aromatic rings. The number of fused-ring (bicyclic) bond motifs is 1. The summed E-state index contributed by atoms with van der Waals surface area (Å²) in [5.41, 5.74) is 6.14. The van der Waals surface area contributed by atoms with Crippen LogP contribution in [0.4, 0.5) is 0 Å². The Labute approximate surface area is 113 Å². The van der Waals surface area contributed by atoms with Gasteiger partial charge in [0.1, 0.15) is 0 Å². The van der Waals surface area contributed by atoms with E-state index >= 15 is 0 Å². The Morgan fingerprint density at radius 1 is 1.44 bits per heavy atom. The van der Waals surface area contributed by atoms with Crippen LogP contribution >= 0.6 is 11.3 Å². The molecule has 5 heteroatoms. The molecule has 0 amide bonds. The molecule has 1 heterocycles. The summed E-state index contributed by atoms with van der Waals surface area (Å²) in [4.78, 5) is 1.12. The second-order valence-corrected chi connectivity index (χ2v) is 6.66. The molecule has 2 N–H and O–H groups in total. The highest BCUT2D eigenvalue weighted by atomic mass is 32.2. The lowest BCUT2D eigenvalue weighted by atomic mass is 10.0. The van der Waals surface area contributed by atoms with E-state index in [1.165, 1.54) is 10.1 Å². The highest BCUT2D eigenvalue weighted by Gasteiger charge is 2.14. The second-order valence-electron chi connectivity index (χ2n) is 4.60. The van der Waals surface area contributed by atoms with Gasteiger partial charge in [0.15, 0.2) is 0 Å². The lowest BCUT2D eigenvalue weighted by Gasteiger charge is -2.17. The minimum atomic E-state index is -1.99. The van der Waals surface area contributed by atoms with Gasteiger partial charge in [0.2, 0.25) is 0 Å². The minimum absolute atomic E-state index is 0.0825. The first-order chi connectivity index (χ1) is 8.56. The molecule has 1 aromatic carbocycles. The van der Waals surface area contributed by atoms with Crippen molar-refractivity contribution in [3.63, 3.8) is 0 Å². The molecule has 0 aliphatic carbocycles. The Morgan fingerprint density at radius 2 is 2.17 bits per heavy atom. The van der Waals surface area contributed by atoms with Gasteiger partial charge in [-0.1, -0.05) is 36.2 Å². The third-order valence-corrected chi connectivity index (χ3v) is 4.98. The Kier molecular flexibility index (Phi) is 4.50. The first kappa shape index (κ1) is 13.7. The van der Waals surface area contributed by atoms with E-state index < -0.39 is 11.1 Å². The molecule has 18 heavy (non-hydrogen) atoms. The number of rotatable bonds is 5. The molecule has 0 saturated heterocycles. The Balaban J connectivity index is 2.08. The van der Waals surface area contributed by atoms with Crippen LogP contribution in [-0.4, -0.2) is 14.5 Å². The highest BCUT2D eigenvalue weighted by molar-refractivity contribution is 7.79. The Hall–Kier alpha value is -0.750. The van der Waals surface area contributed by atoms with Crippen LogP contribution < -0.4 is 5.73 Å². The van der Waals surface area contributed by atoms with Crippen LogP contribution in [0.1, 0.15) is 24.3 Å². The molecule has 0 fully saturated rings. The molecule has 0 radical (unpaired) electrons. The summed E-state index contributed by atoms with van der Waals surface area (Å²) in [7, 11) is 0. The van der Waals surface area contributed by atoms with Crippen LogP contribution in [0.3, 0.4) is 0 Å². The molecular formula is C13H16NO2S2-. The fraction of sp³-hybridized carbons (Fsp3) is 0.385. The van der Waals surface area contributed by atoms with E-state index in [9.17, 15) is 8.76 Å². The van der Waals surface area contributed by atoms with Crippen LogP contribution in [0, 0.1) is 5.92 Å². The first-order valence-corrected chi connectivity index (χ1v) is 7.92. The Morgan fingerprint density at radius 3 is 2.83 bits per heavy atom. The third-order valence-electron chi connectivity index (χ3n) is 2.89. The van der Waals surface area contributed by atoms with Gasteiger partial charge in [0, 0.05) is 21.4 Å². The summed E-state index contributed by atoms with van der Waals surface area (Å²) >= 11 is -0.298. The van der Waals surface area contributed by atoms with E-state index in [0.29, 0.717) is 6.42 Å². The fourth-order valence-corrected chi connectivity index (χ4v) is 3.71. The normalized spacial score (nSPS) is 16.6. The van der Waals surface area contributed by atoms with Crippen molar-refractivity contribution in [3.8, 4) is 0 Å². The number of thiophene rings is 1. The van der Waals surface area contributed by atoms with Gasteiger partial charge in [-0.15, -0.1) is 11.3 Å². The van der Waals surface area contributed by atoms with Crippen LogP contribution in [0.25, 0.3) is 10.1 Å². The van der Waals surface area contributed by atoms with E-state index in [1.807, 2.05) is 19.1 Å². The van der Waals surface area contributed by atoms with Crippen molar-refractivity contribution in [3.05, 3.63) is 35.2 Å². The zero-order valence-electron chi connectivity index (χ0n) is 10.2. The van der Waals surface area contributed by atoms with Gasteiger partial charge in [-0.25, -0.2) is 0 Å². The number of benzene rings is 1. The molecular weight excluding hydrogens is 266 g/mol. The summed E-state index contributed by atoms with van der Waals surface area (Å²) in [5.74, 6) is 0.266.